The lowest BCUT2D eigenvalue weighted by atomic mass is 9.83. The monoisotopic (exact) mass is 633 g/mol. The molecule has 9 aromatic carbocycles. The van der Waals surface area contributed by atoms with Crippen molar-refractivity contribution >= 4 is 54.3 Å². The van der Waals surface area contributed by atoms with Crippen molar-refractivity contribution in [2.75, 3.05) is 0 Å². The van der Waals surface area contributed by atoms with Gasteiger partial charge in [0.1, 0.15) is 11.2 Å². The van der Waals surface area contributed by atoms with Crippen LogP contribution in [0.2, 0.25) is 0 Å². The summed E-state index contributed by atoms with van der Waals surface area (Å²) in [4.78, 5) is 0. The Bertz CT molecular complexity index is 3420. The second kappa shape index (κ2) is 11.1. The van der Waals surface area contributed by atoms with Crippen LogP contribution in [0, 0.1) is 0 Å². The summed E-state index contributed by atoms with van der Waals surface area (Å²) in [5.41, 5.74) is 3.69. The van der Waals surface area contributed by atoms with E-state index in [-0.39, 0.29) is 44.7 Å². The maximum atomic E-state index is 9.39. The van der Waals surface area contributed by atoms with Crippen LogP contribution in [-0.2, 0) is 0 Å². The molecule has 0 N–H and O–H groups in total. The summed E-state index contributed by atoms with van der Waals surface area (Å²) in [5, 5.41) is 5.80. The molecule has 1 nitrogen and oxygen atoms in total. The topological polar surface area (TPSA) is 13.1 Å². The van der Waals surface area contributed by atoms with Crippen LogP contribution < -0.4 is 0 Å². The molecule has 0 atom stereocenters. The van der Waals surface area contributed by atoms with Gasteiger partial charge >= 0.3 is 0 Å². The van der Waals surface area contributed by atoms with E-state index in [0.717, 1.165) is 49.2 Å². The fourth-order valence-electron chi connectivity index (χ4n) is 7.30. The molecule has 0 saturated heterocycles. The zero-order chi connectivity index (χ0) is 41.9. The van der Waals surface area contributed by atoms with Gasteiger partial charge < -0.3 is 4.42 Å². The third-order valence-electron chi connectivity index (χ3n) is 9.33. The van der Waals surface area contributed by atoms with Crippen LogP contribution >= 0.6 is 0 Å². The highest BCUT2D eigenvalue weighted by Gasteiger charge is 2.21. The standard InChI is InChI=1S/C48H30O/c1-3-15-31(16-4-1)33-25-13-27-43-47-37(26-14-28-44(47)49-48(33)43)36-29-30-42(35-20-8-7-19-34(35)36)46-40-23-11-9-21-38(40)45(32-17-5-2-6-18-32)39-22-10-12-24-41(39)46/h1-30H/i1D,3D,4D,13D,14D,15D,16D,25D,26D,27D,28D. The molecular weight excluding hydrogens is 593 g/mol. The molecule has 0 bridgehead atoms. The van der Waals surface area contributed by atoms with Gasteiger partial charge in [0.15, 0.2) is 0 Å². The maximum absolute atomic E-state index is 9.39. The molecule has 1 heteroatoms. The fourth-order valence-corrected chi connectivity index (χ4v) is 7.30. The number of para-hydroxylation sites is 1. The van der Waals surface area contributed by atoms with Crippen LogP contribution in [0.3, 0.4) is 0 Å². The van der Waals surface area contributed by atoms with E-state index in [2.05, 4.69) is 36.4 Å². The van der Waals surface area contributed by atoms with E-state index < -0.39 is 60.4 Å². The summed E-state index contributed by atoms with van der Waals surface area (Å²) in [5.74, 6) is 0. The number of fused-ring (bicyclic) bond motifs is 6. The molecular formula is C48H30O. The molecule has 49 heavy (non-hydrogen) atoms. The van der Waals surface area contributed by atoms with Crippen molar-refractivity contribution in [3.8, 4) is 44.5 Å². The summed E-state index contributed by atoms with van der Waals surface area (Å²) >= 11 is 0. The number of hydrogen-bond acceptors (Lipinski definition) is 1. The molecule has 0 unspecified atom stereocenters. The van der Waals surface area contributed by atoms with E-state index in [1.807, 2.05) is 78.9 Å². The predicted octanol–water partition coefficient (Wildman–Crippen LogP) is 13.7. The zero-order valence-electron chi connectivity index (χ0n) is 36.9. The first-order valence-corrected chi connectivity index (χ1v) is 16.0. The second-order valence-electron chi connectivity index (χ2n) is 11.9. The molecule has 0 aliphatic heterocycles. The van der Waals surface area contributed by atoms with Crippen LogP contribution in [-0.4, -0.2) is 0 Å². The minimum absolute atomic E-state index is 0.0635. The molecule has 0 amide bonds. The Hall–Kier alpha value is -6.44. The predicted molar refractivity (Wildman–Crippen MR) is 208 cm³/mol. The lowest BCUT2D eigenvalue weighted by Crippen LogP contribution is -1.92. The Balaban J connectivity index is 1.33. The summed E-state index contributed by atoms with van der Waals surface area (Å²) in [6.07, 6.45) is 0. The van der Waals surface area contributed by atoms with Crippen molar-refractivity contribution < 1.29 is 19.5 Å². The summed E-state index contributed by atoms with van der Waals surface area (Å²) in [6.45, 7) is 0. The average Bonchev–Trinajstić information content (AvgIpc) is 3.67. The Morgan fingerprint density at radius 2 is 0.898 bits per heavy atom. The van der Waals surface area contributed by atoms with E-state index in [1.54, 1.807) is 0 Å². The van der Waals surface area contributed by atoms with Crippen molar-refractivity contribution in [3.05, 3.63) is 182 Å². The summed E-state index contributed by atoms with van der Waals surface area (Å²) in [7, 11) is 0. The molecule has 0 saturated carbocycles. The van der Waals surface area contributed by atoms with Crippen LogP contribution in [0.25, 0.3) is 98.8 Å². The van der Waals surface area contributed by atoms with E-state index in [9.17, 15) is 2.74 Å². The first-order valence-electron chi connectivity index (χ1n) is 21.5. The van der Waals surface area contributed by atoms with Crippen LogP contribution in [0.1, 0.15) is 15.1 Å². The van der Waals surface area contributed by atoms with Crippen molar-refractivity contribution in [2.24, 2.45) is 0 Å². The lowest BCUT2D eigenvalue weighted by Gasteiger charge is -2.19. The van der Waals surface area contributed by atoms with Gasteiger partial charge in [0.05, 0.1) is 15.1 Å². The molecule has 1 aromatic heterocycles. The highest BCUT2D eigenvalue weighted by atomic mass is 16.3. The molecule has 0 spiro atoms. The van der Waals surface area contributed by atoms with Gasteiger partial charge in [0.2, 0.25) is 0 Å². The van der Waals surface area contributed by atoms with Gasteiger partial charge in [0, 0.05) is 16.3 Å². The second-order valence-corrected chi connectivity index (χ2v) is 11.9. The van der Waals surface area contributed by atoms with Gasteiger partial charge in [-0.25, -0.2) is 0 Å². The van der Waals surface area contributed by atoms with Crippen molar-refractivity contribution in [2.45, 2.75) is 0 Å². The number of furan rings is 1. The lowest BCUT2D eigenvalue weighted by molar-refractivity contribution is 0.670. The van der Waals surface area contributed by atoms with Crippen LogP contribution in [0.4, 0.5) is 0 Å². The van der Waals surface area contributed by atoms with Gasteiger partial charge in [-0.3, -0.25) is 0 Å². The Morgan fingerprint density at radius 1 is 0.347 bits per heavy atom. The van der Waals surface area contributed by atoms with Crippen molar-refractivity contribution in [1.29, 1.82) is 0 Å². The third kappa shape index (κ3) is 4.26. The average molecular weight is 634 g/mol. The molecule has 10 aromatic rings. The largest absolute Gasteiger partial charge is 0.455 e. The highest BCUT2D eigenvalue weighted by Crippen LogP contribution is 2.48. The third-order valence-corrected chi connectivity index (χ3v) is 9.33. The SMILES string of the molecule is [2H]c1c([2H])c([2H])c(-c2c([2H])c([2H])c([2H])c3c2oc2c([2H])c([2H])c([2H])c(-c4ccc(-c5c6ccccc6c(-c6ccccc6)c6ccccc56)c5ccccc45)c23)c([2H])c1[2H]. The molecule has 0 aliphatic rings. The molecule has 1 heterocycles. The summed E-state index contributed by atoms with van der Waals surface area (Å²) < 4.78 is 103. The van der Waals surface area contributed by atoms with E-state index in [1.165, 1.54) is 0 Å². The first kappa shape index (κ1) is 18.8. The maximum Gasteiger partial charge on any atom is 0.143 e. The van der Waals surface area contributed by atoms with Gasteiger partial charge in [0.25, 0.3) is 0 Å². The van der Waals surface area contributed by atoms with Crippen molar-refractivity contribution in [3.63, 3.8) is 0 Å². The Labute approximate surface area is 299 Å². The molecule has 0 fully saturated rings. The molecule has 10 rings (SSSR count). The smallest absolute Gasteiger partial charge is 0.143 e. The number of benzene rings is 9. The minimum Gasteiger partial charge on any atom is -0.455 e. The van der Waals surface area contributed by atoms with Crippen LogP contribution in [0.15, 0.2) is 186 Å². The van der Waals surface area contributed by atoms with E-state index in [0.29, 0.717) is 10.9 Å². The van der Waals surface area contributed by atoms with Crippen molar-refractivity contribution in [1.82, 2.24) is 0 Å². The van der Waals surface area contributed by atoms with Gasteiger partial charge in [-0.15, -0.1) is 0 Å². The molecule has 0 radical (unpaired) electrons. The Kier molecular flexibility index (Phi) is 4.25. The highest BCUT2D eigenvalue weighted by molar-refractivity contribution is 6.25. The minimum atomic E-state index is -0.651. The number of hydrogen-bond donors (Lipinski definition) is 0. The van der Waals surface area contributed by atoms with Gasteiger partial charge in [-0.2, -0.15) is 0 Å². The van der Waals surface area contributed by atoms with Crippen LogP contribution in [0.5, 0.6) is 0 Å². The zero-order valence-corrected chi connectivity index (χ0v) is 25.9. The number of rotatable bonds is 4. The molecule has 228 valence electrons. The summed E-state index contributed by atoms with van der Waals surface area (Å²) in [6, 6.07) is 32.4. The fraction of sp³-hybridized carbons (Fsp3) is 0. The van der Waals surface area contributed by atoms with E-state index in [4.69, 9.17) is 16.8 Å². The normalized spacial score (nSPS) is 14.8. The van der Waals surface area contributed by atoms with E-state index >= 15 is 0 Å². The van der Waals surface area contributed by atoms with Gasteiger partial charge in [-0.05, 0) is 77.3 Å². The Morgan fingerprint density at radius 3 is 1.59 bits per heavy atom. The first-order chi connectivity index (χ1) is 28.9. The quantitative estimate of drug-likeness (QED) is 0.176. The van der Waals surface area contributed by atoms with Gasteiger partial charge in [-0.1, -0.05) is 176 Å². The molecule has 0 aliphatic carbocycles.